The van der Waals surface area contributed by atoms with Crippen molar-refractivity contribution in [1.82, 2.24) is 10.6 Å². The Kier molecular flexibility index (Phi) is 5.80. The van der Waals surface area contributed by atoms with Crippen LogP contribution in [-0.4, -0.2) is 29.6 Å². The Morgan fingerprint density at radius 3 is 2.72 bits per heavy atom. The number of rotatable bonds is 7. The fraction of sp³-hybridized carbons (Fsp3) is 0.500. The summed E-state index contributed by atoms with van der Waals surface area (Å²) in [7, 11) is 0. The largest absolute Gasteiger partial charge is 0.477 e. The van der Waals surface area contributed by atoms with Crippen LogP contribution in [0, 0.1) is 0 Å². The maximum absolute atomic E-state index is 11.6. The van der Waals surface area contributed by atoms with Crippen LogP contribution in [0.1, 0.15) is 34.8 Å². The van der Waals surface area contributed by atoms with Gasteiger partial charge in [-0.3, -0.25) is 4.79 Å². The fourth-order valence-corrected chi connectivity index (χ4v) is 2.13. The van der Waals surface area contributed by atoms with E-state index in [1.807, 2.05) is 6.92 Å². The van der Waals surface area contributed by atoms with Gasteiger partial charge in [0.1, 0.15) is 4.88 Å². The van der Waals surface area contributed by atoms with E-state index in [2.05, 4.69) is 10.6 Å². The summed E-state index contributed by atoms with van der Waals surface area (Å²) in [5.41, 5.74) is 0. The smallest absolute Gasteiger partial charge is 0.345 e. The van der Waals surface area contributed by atoms with Crippen LogP contribution in [0.2, 0.25) is 0 Å². The summed E-state index contributed by atoms with van der Waals surface area (Å²) in [5, 5.41) is 14.7. The molecule has 100 valence electrons. The lowest BCUT2D eigenvalue weighted by Gasteiger charge is -2.12. The molecule has 1 aromatic heterocycles. The van der Waals surface area contributed by atoms with Crippen LogP contribution >= 0.6 is 11.3 Å². The van der Waals surface area contributed by atoms with E-state index in [1.165, 1.54) is 11.3 Å². The number of amides is 1. The van der Waals surface area contributed by atoms with E-state index in [4.69, 9.17) is 5.11 Å². The average Bonchev–Trinajstić information content (AvgIpc) is 2.81. The molecule has 6 heteroatoms. The van der Waals surface area contributed by atoms with Crippen molar-refractivity contribution >= 4 is 23.2 Å². The van der Waals surface area contributed by atoms with Crippen LogP contribution in [0.15, 0.2) is 12.1 Å². The zero-order chi connectivity index (χ0) is 13.5. The van der Waals surface area contributed by atoms with Crippen molar-refractivity contribution in [2.24, 2.45) is 0 Å². The molecule has 1 rings (SSSR count). The maximum Gasteiger partial charge on any atom is 0.345 e. The molecule has 0 aromatic carbocycles. The van der Waals surface area contributed by atoms with Gasteiger partial charge in [0.05, 0.1) is 6.04 Å². The molecule has 0 bridgehead atoms. The van der Waals surface area contributed by atoms with Crippen molar-refractivity contribution in [3.63, 3.8) is 0 Å². The predicted octanol–water partition coefficient (Wildman–Crippen LogP) is 1.45. The highest BCUT2D eigenvalue weighted by Gasteiger charge is 2.12. The van der Waals surface area contributed by atoms with Gasteiger partial charge in [0.15, 0.2) is 0 Å². The van der Waals surface area contributed by atoms with Crippen LogP contribution in [0.25, 0.3) is 0 Å². The normalized spacial score (nSPS) is 12.1. The minimum atomic E-state index is -0.917. The SMILES string of the molecule is CCCNC(=O)C(C)NCc1ccc(C(=O)O)s1. The highest BCUT2D eigenvalue weighted by molar-refractivity contribution is 7.13. The molecule has 0 aliphatic carbocycles. The van der Waals surface area contributed by atoms with Crippen molar-refractivity contribution in [1.29, 1.82) is 0 Å². The minimum Gasteiger partial charge on any atom is -0.477 e. The van der Waals surface area contributed by atoms with Gasteiger partial charge < -0.3 is 15.7 Å². The van der Waals surface area contributed by atoms with Gasteiger partial charge in [-0.25, -0.2) is 4.79 Å². The van der Waals surface area contributed by atoms with Crippen LogP contribution in [-0.2, 0) is 11.3 Å². The summed E-state index contributed by atoms with van der Waals surface area (Å²) in [5.74, 6) is -0.952. The number of carboxylic acid groups (broad SMARTS) is 1. The first-order valence-corrected chi connectivity index (χ1v) is 6.69. The second kappa shape index (κ2) is 7.13. The van der Waals surface area contributed by atoms with Crippen molar-refractivity contribution in [3.8, 4) is 0 Å². The Morgan fingerprint density at radius 2 is 2.17 bits per heavy atom. The zero-order valence-electron chi connectivity index (χ0n) is 10.5. The molecular formula is C12H18N2O3S. The fourth-order valence-electron chi connectivity index (χ4n) is 1.34. The molecule has 0 aliphatic heterocycles. The number of carboxylic acids is 1. The Morgan fingerprint density at radius 1 is 1.44 bits per heavy atom. The molecular weight excluding hydrogens is 252 g/mol. The predicted molar refractivity (Wildman–Crippen MR) is 70.9 cm³/mol. The standard InChI is InChI=1S/C12H18N2O3S/c1-3-6-13-11(15)8(2)14-7-9-4-5-10(18-9)12(16)17/h4-5,8,14H,3,6-7H2,1-2H3,(H,13,15)(H,16,17). The Balaban J connectivity index is 2.39. The molecule has 0 fully saturated rings. The molecule has 0 saturated carbocycles. The number of carbonyl (C=O) groups is 2. The van der Waals surface area contributed by atoms with Gasteiger partial charge in [-0.15, -0.1) is 11.3 Å². The van der Waals surface area contributed by atoms with E-state index in [9.17, 15) is 9.59 Å². The Labute approximate surface area is 110 Å². The number of carbonyl (C=O) groups excluding carboxylic acids is 1. The molecule has 1 aromatic rings. The van der Waals surface area contributed by atoms with E-state index < -0.39 is 5.97 Å². The second-order valence-electron chi connectivity index (χ2n) is 3.96. The third-order valence-corrected chi connectivity index (χ3v) is 3.47. The molecule has 1 atom stereocenters. The number of hydrogen-bond acceptors (Lipinski definition) is 4. The first-order chi connectivity index (χ1) is 8.54. The van der Waals surface area contributed by atoms with Gasteiger partial charge >= 0.3 is 5.97 Å². The molecule has 0 aliphatic rings. The Hall–Kier alpha value is -1.40. The summed E-state index contributed by atoms with van der Waals surface area (Å²) in [6.07, 6.45) is 0.908. The lowest BCUT2D eigenvalue weighted by molar-refractivity contribution is -0.122. The number of aromatic carboxylic acids is 1. The summed E-state index contributed by atoms with van der Waals surface area (Å²) < 4.78 is 0. The molecule has 1 amide bonds. The van der Waals surface area contributed by atoms with E-state index >= 15 is 0 Å². The molecule has 0 radical (unpaired) electrons. The van der Waals surface area contributed by atoms with Gasteiger partial charge in [-0.2, -0.15) is 0 Å². The molecule has 1 heterocycles. The summed E-state index contributed by atoms with van der Waals surface area (Å²) >= 11 is 1.22. The Bertz CT molecular complexity index is 417. The van der Waals surface area contributed by atoms with Gasteiger partial charge in [0, 0.05) is 18.0 Å². The van der Waals surface area contributed by atoms with Crippen LogP contribution in [0.5, 0.6) is 0 Å². The number of thiophene rings is 1. The second-order valence-corrected chi connectivity index (χ2v) is 5.13. The van der Waals surface area contributed by atoms with Crippen LogP contribution < -0.4 is 10.6 Å². The van der Waals surface area contributed by atoms with E-state index in [-0.39, 0.29) is 11.9 Å². The molecule has 0 saturated heterocycles. The topological polar surface area (TPSA) is 78.4 Å². The number of nitrogens with one attached hydrogen (secondary N) is 2. The molecule has 1 unspecified atom stereocenters. The monoisotopic (exact) mass is 270 g/mol. The summed E-state index contributed by atoms with van der Waals surface area (Å²) in [4.78, 5) is 23.5. The third-order valence-electron chi connectivity index (χ3n) is 2.40. The van der Waals surface area contributed by atoms with Crippen molar-refractivity contribution < 1.29 is 14.7 Å². The van der Waals surface area contributed by atoms with Gasteiger partial charge in [0.2, 0.25) is 5.91 Å². The van der Waals surface area contributed by atoms with Crippen molar-refractivity contribution in [3.05, 3.63) is 21.9 Å². The minimum absolute atomic E-state index is 0.0353. The van der Waals surface area contributed by atoms with Crippen molar-refractivity contribution in [2.75, 3.05) is 6.54 Å². The van der Waals surface area contributed by atoms with Gasteiger partial charge in [0.25, 0.3) is 0 Å². The van der Waals surface area contributed by atoms with E-state index in [1.54, 1.807) is 19.1 Å². The summed E-state index contributed by atoms with van der Waals surface area (Å²) in [6, 6.07) is 3.05. The summed E-state index contributed by atoms with van der Waals surface area (Å²) in [6.45, 7) is 4.96. The molecule has 5 nitrogen and oxygen atoms in total. The number of hydrogen-bond donors (Lipinski definition) is 3. The molecule has 3 N–H and O–H groups in total. The van der Waals surface area contributed by atoms with Gasteiger partial charge in [-0.05, 0) is 25.5 Å². The lowest BCUT2D eigenvalue weighted by atomic mass is 10.3. The lowest BCUT2D eigenvalue weighted by Crippen LogP contribution is -2.41. The average molecular weight is 270 g/mol. The van der Waals surface area contributed by atoms with Crippen LogP contribution in [0.3, 0.4) is 0 Å². The van der Waals surface area contributed by atoms with Crippen LogP contribution in [0.4, 0.5) is 0 Å². The zero-order valence-corrected chi connectivity index (χ0v) is 11.3. The molecule has 18 heavy (non-hydrogen) atoms. The maximum atomic E-state index is 11.6. The highest BCUT2D eigenvalue weighted by atomic mass is 32.1. The van der Waals surface area contributed by atoms with Gasteiger partial charge in [-0.1, -0.05) is 6.92 Å². The van der Waals surface area contributed by atoms with Crippen molar-refractivity contribution in [2.45, 2.75) is 32.9 Å². The third kappa shape index (κ3) is 4.46. The van der Waals surface area contributed by atoms with E-state index in [0.717, 1.165) is 11.3 Å². The molecule has 0 spiro atoms. The first-order valence-electron chi connectivity index (χ1n) is 5.87. The first kappa shape index (κ1) is 14.7. The quantitative estimate of drug-likeness (QED) is 0.700. The van der Waals surface area contributed by atoms with E-state index in [0.29, 0.717) is 18.0 Å². The highest BCUT2D eigenvalue weighted by Crippen LogP contribution is 2.16.